The Morgan fingerprint density at radius 1 is 1.04 bits per heavy atom. The van der Waals surface area contributed by atoms with Gasteiger partial charge in [0.1, 0.15) is 5.75 Å². The van der Waals surface area contributed by atoms with E-state index in [1.807, 2.05) is 12.1 Å². The lowest BCUT2D eigenvalue weighted by Crippen LogP contribution is -2.48. The lowest BCUT2D eigenvalue weighted by atomic mass is 10.2. The fourth-order valence-electron chi connectivity index (χ4n) is 3.08. The number of hydrogen-bond donors (Lipinski definition) is 1. The number of anilines is 1. The van der Waals surface area contributed by atoms with E-state index in [-0.39, 0.29) is 5.91 Å². The summed E-state index contributed by atoms with van der Waals surface area (Å²) in [5.74, 6) is 0.804. The van der Waals surface area contributed by atoms with E-state index in [2.05, 4.69) is 27.2 Å². The molecule has 1 aliphatic heterocycles. The van der Waals surface area contributed by atoms with Crippen molar-refractivity contribution < 1.29 is 9.53 Å². The summed E-state index contributed by atoms with van der Waals surface area (Å²) in [7, 11) is 1.67. The normalized spacial score (nSPS) is 15.5. The monoisotopic (exact) mass is 407 g/mol. The minimum absolute atomic E-state index is 0.0668. The first-order chi connectivity index (χ1) is 13.0. The highest BCUT2D eigenvalue weighted by Crippen LogP contribution is 2.25. The molecule has 144 valence electrons. The Morgan fingerprint density at radius 3 is 2.33 bits per heavy atom. The van der Waals surface area contributed by atoms with Crippen LogP contribution in [0.3, 0.4) is 0 Å². The molecule has 1 amide bonds. The van der Waals surface area contributed by atoms with Crippen LogP contribution < -0.4 is 10.1 Å². The molecule has 1 fully saturated rings. The van der Waals surface area contributed by atoms with E-state index in [1.54, 1.807) is 25.3 Å². The van der Waals surface area contributed by atoms with Crippen molar-refractivity contribution in [2.75, 3.05) is 45.2 Å². The van der Waals surface area contributed by atoms with Crippen molar-refractivity contribution in [3.8, 4) is 5.75 Å². The molecule has 3 rings (SSSR count). The number of nitrogens with zero attached hydrogens (tertiary/aromatic N) is 2. The third-order valence-electron chi connectivity index (χ3n) is 4.60. The van der Waals surface area contributed by atoms with E-state index >= 15 is 0 Å². The summed E-state index contributed by atoms with van der Waals surface area (Å²) in [5, 5.41) is 3.84. The summed E-state index contributed by atoms with van der Waals surface area (Å²) in [4.78, 5) is 16.8. The number of rotatable bonds is 6. The Hall–Kier alpha value is -1.79. The quantitative estimate of drug-likeness (QED) is 0.791. The second kappa shape index (κ2) is 9.42. The summed E-state index contributed by atoms with van der Waals surface area (Å²) in [6.45, 7) is 4.84. The molecule has 1 heterocycles. The van der Waals surface area contributed by atoms with Gasteiger partial charge in [-0.1, -0.05) is 35.3 Å². The lowest BCUT2D eigenvalue weighted by molar-refractivity contribution is -0.117. The molecule has 0 atom stereocenters. The molecular formula is C20H23Cl2N3O2. The van der Waals surface area contributed by atoms with Gasteiger partial charge in [0, 0.05) is 37.7 Å². The topological polar surface area (TPSA) is 44.8 Å². The largest absolute Gasteiger partial charge is 0.497 e. The van der Waals surface area contributed by atoms with Crippen LogP contribution in [0, 0.1) is 0 Å². The first-order valence-electron chi connectivity index (χ1n) is 8.86. The van der Waals surface area contributed by atoms with Gasteiger partial charge >= 0.3 is 0 Å². The number of carbonyl (C=O) groups is 1. The molecular weight excluding hydrogens is 385 g/mol. The number of carbonyl (C=O) groups excluding carboxylic acids is 1. The predicted octanol–water partition coefficient (Wildman–Crippen LogP) is 3.76. The van der Waals surface area contributed by atoms with Crippen LogP contribution in [0.4, 0.5) is 5.69 Å². The van der Waals surface area contributed by atoms with Crippen LogP contribution in [0.15, 0.2) is 42.5 Å². The highest BCUT2D eigenvalue weighted by Gasteiger charge is 2.19. The minimum atomic E-state index is -0.0668. The maximum atomic E-state index is 12.3. The summed E-state index contributed by atoms with van der Waals surface area (Å²) < 4.78 is 5.19. The van der Waals surface area contributed by atoms with Crippen molar-refractivity contribution in [1.82, 2.24) is 9.80 Å². The van der Waals surface area contributed by atoms with Gasteiger partial charge in [0.2, 0.25) is 5.91 Å². The van der Waals surface area contributed by atoms with E-state index in [0.29, 0.717) is 22.3 Å². The van der Waals surface area contributed by atoms with Crippen molar-refractivity contribution in [1.29, 1.82) is 0 Å². The fourth-order valence-corrected chi connectivity index (χ4v) is 3.53. The van der Waals surface area contributed by atoms with Gasteiger partial charge in [-0.15, -0.1) is 0 Å². The van der Waals surface area contributed by atoms with E-state index < -0.39 is 0 Å². The van der Waals surface area contributed by atoms with E-state index in [1.165, 1.54) is 5.56 Å². The third-order valence-corrected chi connectivity index (χ3v) is 5.15. The van der Waals surface area contributed by atoms with Crippen molar-refractivity contribution in [2.24, 2.45) is 0 Å². The van der Waals surface area contributed by atoms with Gasteiger partial charge in [-0.3, -0.25) is 14.6 Å². The van der Waals surface area contributed by atoms with Gasteiger partial charge in [-0.2, -0.15) is 0 Å². The van der Waals surface area contributed by atoms with Crippen LogP contribution in [-0.2, 0) is 11.3 Å². The molecule has 2 aromatic carbocycles. The third kappa shape index (κ3) is 5.84. The number of amides is 1. The van der Waals surface area contributed by atoms with Crippen molar-refractivity contribution in [3.05, 3.63) is 58.1 Å². The number of benzene rings is 2. The molecule has 1 N–H and O–H groups in total. The number of methoxy groups -OCH3 is 1. The second-order valence-electron chi connectivity index (χ2n) is 6.57. The zero-order valence-electron chi connectivity index (χ0n) is 15.3. The van der Waals surface area contributed by atoms with Crippen LogP contribution in [-0.4, -0.2) is 55.5 Å². The van der Waals surface area contributed by atoms with Crippen molar-refractivity contribution in [2.45, 2.75) is 6.54 Å². The first kappa shape index (κ1) is 20.0. The molecule has 0 bridgehead atoms. The van der Waals surface area contributed by atoms with E-state index in [0.717, 1.165) is 38.5 Å². The summed E-state index contributed by atoms with van der Waals surface area (Å²) in [6.07, 6.45) is 0. The second-order valence-corrected chi connectivity index (χ2v) is 7.42. The van der Waals surface area contributed by atoms with Gasteiger partial charge in [-0.05, 0) is 35.9 Å². The Balaban J connectivity index is 1.44. The lowest BCUT2D eigenvalue weighted by Gasteiger charge is -2.34. The predicted molar refractivity (Wildman–Crippen MR) is 110 cm³/mol. The van der Waals surface area contributed by atoms with Gasteiger partial charge < -0.3 is 10.1 Å². The summed E-state index contributed by atoms with van der Waals surface area (Å²) in [6, 6.07) is 13.2. The van der Waals surface area contributed by atoms with E-state index in [4.69, 9.17) is 27.9 Å². The van der Waals surface area contributed by atoms with Crippen LogP contribution in [0.25, 0.3) is 0 Å². The maximum absolute atomic E-state index is 12.3. The molecule has 0 aliphatic carbocycles. The van der Waals surface area contributed by atoms with Crippen LogP contribution in [0.1, 0.15) is 5.56 Å². The average Bonchev–Trinajstić information content (AvgIpc) is 2.66. The highest BCUT2D eigenvalue weighted by molar-refractivity contribution is 6.36. The number of halogens is 2. The number of piperazine rings is 1. The van der Waals surface area contributed by atoms with Gasteiger partial charge in [0.05, 0.1) is 24.4 Å². The molecule has 27 heavy (non-hydrogen) atoms. The molecule has 0 unspecified atom stereocenters. The molecule has 1 saturated heterocycles. The number of hydrogen-bond acceptors (Lipinski definition) is 4. The Bertz CT molecular complexity index is 775. The van der Waals surface area contributed by atoms with Gasteiger partial charge in [0.25, 0.3) is 0 Å². The Labute approximate surface area is 169 Å². The number of nitrogens with one attached hydrogen (secondary N) is 1. The molecule has 1 aliphatic rings. The highest BCUT2D eigenvalue weighted by atomic mass is 35.5. The van der Waals surface area contributed by atoms with Crippen LogP contribution in [0.5, 0.6) is 5.75 Å². The first-order valence-corrected chi connectivity index (χ1v) is 9.61. The molecule has 5 nitrogen and oxygen atoms in total. The van der Waals surface area contributed by atoms with Gasteiger partial charge in [-0.25, -0.2) is 0 Å². The Kier molecular flexibility index (Phi) is 6.96. The molecule has 0 spiro atoms. The zero-order valence-corrected chi connectivity index (χ0v) is 16.8. The average molecular weight is 408 g/mol. The Morgan fingerprint density at radius 2 is 1.70 bits per heavy atom. The fraction of sp³-hybridized carbons (Fsp3) is 0.350. The smallest absolute Gasteiger partial charge is 0.238 e. The molecule has 0 saturated carbocycles. The van der Waals surface area contributed by atoms with Crippen molar-refractivity contribution >= 4 is 34.8 Å². The van der Waals surface area contributed by atoms with Crippen molar-refractivity contribution in [3.63, 3.8) is 0 Å². The van der Waals surface area contributed by atoms with Crippen LogP contribution in [0.2, 0.25) is 10.0 Å². The number of ether oxygens (including phenoxy) is 1. The molecule has 0 radical (unpaired) electrons. The van der Waals surface area contributed by atoms with Gasteiger partial charge in [0.15, 0.2) is 0 Å². The summed E-state index contributed by atoms with van der Waals surface area (Å²) in [5.41, 5.74) is 1.85. The van der Waals surface area contributed by atoms with E-state index in [9.17, 15) is 4.79 Å². The zero-order chi connectivity index (χ0) is 19.2. The maximum Gasteiger partial charge on any atom is 0.238 e. The minimum Gasteiger partial charge on any atom is -0.497 e. The molecule has 0 aromatic heterocycles. The molecule has 7 heteroatoms. The SMILES string of the molecule is COc1ccc(CN2CCN(CC(=O)Nc3ccc(Cl)cc3Cl)CC2)cc1. The standard InChI is InChI=1S/C20H23Cl2N3O2/c1-27-17-5-2-15(3-6-17)13-24-8-10-25(11-9-24)14-20(26)23-19-7-4-16(21)12-18(19)22/h2-7,12H,8-11,13-14H2,1H3,(H,23,26). The molecule has 2 aromatic rings. The summed E-state index contributed by atoms with van der Waals surface area (Å²) >= 11 is 12.0. The van der Waals surface area contributed by atoms with Crippen LogP contribution >= 0.6 is 23.2 Å².